The van der Waals surface area contributed by atoms with E-state index in [4.69, 9.17) is 0 Å². The van der Waals surface area contributed by atoms with Gasteiger partial charge in [-0.3, -0.25) is 9.69 Å². The molecule has 2 unspecified atom stereocenters. The first-order valence-corrected chi connectivity index (χ1v) is 6.37. The lowest BCUT2D eigenvalue weighted by molar-refractivity contribution is -0.154. The van der Waals surface area contributed by atoms with Gasteiger partial charge in [0.1, 0.15) is 5.54 Å². The Balaban J connectivity index is 2.20. The van der Waals surface area contributed by atoms with E-state index in [1.807, 2.05) is 0 Å². The van der Waals surface area contributed by atoms with Crippen LogP contribution >= 0.6 is 0 Å². The molecule has 16 heavy (non-hydrogen) atoms. The van der Waals surface area contributed by atoms with E-state index in [2.05, 4.69) is 17.1 Å². The number of carboxylic acids is 1. The Labute approximate surface area is 97.0 Å². The summed E-state index contributed by atoms with van der Waals surface area (Å²) in [5.74, 6) is -0.331. The Morgan fingerprint density at radius 2 is 2.19 bits per heavy atom. The van der Waals surface area contributed by atoms with Crippen LogP contribution in [0.2, 0.25) is 0 Å². The van der Waals surface area contributed by atoms with Crippen molar-refractivity contribution in [3.8, 4) is 0 Å². The first kappa shape index (κ1) is 11.9. The summed E-state index contributed by atoms with van der Waals surface area (Å²) in [5.41, 5.74) is -0.577. The van der Waals surface area contributed by atoms with Gasteiger partial charge in [0.05, 0.1) is 0 Å². The topological polar surface area (TPSA) is 52.6 Å². The van der Waals surface area contributed by atoms with Crippen LogP contribution in [0.1, 0.15) is 32.6 Å². The molecule has 2 fully saturated rings. The molecule has 1 aliphatic heterocycles. The predicted octanol–water partition coefficient (Wildman–Crippen LogP) is 0.925. The molecule has 1 aliphatic carbocycles. The van der Waals surface area contributed by atoms with Gasteiger partial charge in [-0.25, -0.2) is 0 Å². The largest absolute Gasteiger partial charge is 0.480 e. The molecule has 0 radical (unpaired) electrons. The molecule has 2 atom stereocenters. The lowest BCUT2D eigenvalue weighted by atomic mass is 9.86. The van der Waals surface area contributed by atoms with E-state index in [1.165, 1.54) is 0 Å². The molecule has 0 aromatic carbocycles. The maximum absolute atomic E-state index is 11.7. The smallest absolute Gasteiger partial charge is 0.324 e. The molecule has 1 saturated heterocycles. The van der Waals surface area contributed by atoms with Crippen LogP contribution in [0.25, 0.3) is 0 Å². The maximum Gasteiger partial charge on any atom is 0.324 e. The zero-order chi connectivity index (χ0) is 11.6. The van der Waals surface area contributed by atoms with Crippen LogP contribution in [0.3, 0.4) is 0 Å². The number of nitrogens with one attached hydrogen (secondary N) is 1. The molecular formula is C12H22N2O2. The summed E-state index contributed by atoms with van der Waals surface area (Å²) in [4.78, 5) is 13.9. The number of hydrogen-bond donors (Lipinski definition) is 2. The highest BCUT2D eigenvalue weighted by atomic mass is 16.4. The number of aliphatic carboxylic acids is 1. The van der Waals surface area contributed by atoms with Gasteiger partial charge in [-0.2, -0.15) is 0 Å². The third kappa shape index (κ3) is 1.84. The van der Waals surface area contributed by atoms with Crippen molar-refractivity contribution in [1.82, 2.24) is 10.2 Å². The maximum atomic E-state index is 11.7. The van der Waals surface area contributed by atoms with E-state index in [9.17, 15) is 9.90 Å². The van der Waals surface area contributed by atoms with E-state index in [-0.39, 0.29) is 5.92 Å². The van der Waals surface area contributed by atoms with Crippen molar-refractivity contribution in [2.45, 2.75) is 38.1 Å². The Bertz CT molecular complexity index is 262. The summed E-state index contributed by atoms with van der Waals surface area (Å²) in [6.07, 6.45) is 3.98. The average molecular weight is 226 g/mol. The summed E-state index contributed by atoms with van der Waals surface area (Å²) in [5, 5.41) is 13.0. The summed E-state index contributed by atoms with van der Waals surface area (Å²) in [6, 6.07) is 0. The van der Waals surface area contributed by atoms with Crippen molar-refractivity contribution in [3.05, 3.63) is 0 Å². The minimum absolute atomic E-state index is 0.281. The molecule has 2 aliphatic rings. The fourth-order valence-electron chi connectivity index (χ4n) is 3.33. The molecule has 0 aromatic heterocycles. The lowest BCUT2D eigenvalue weighted by Gasteiger charge is -2.40. The standard InChI is InChI=1S/C12H22N2O2/c1-10-4-2-5-12(10,11(15)16)14-8-3-6-13-7-9-14/h10,13H,2-9H2,1H3,(H,15,16). The molecule has 0 bridgehead atoms. The van der Waals surface area contributed by atoms with Gasteiger partial charge < -0.3 is 10.4 Å². The first-order chi connectivity index (χ1) is 7.68. The number of rotatable bonds is 2. The van der Waals surface area contributed by atoms with Crippen molar-refractivity contribution in [1.29, 1.82) is 0 Å². The Morgan fingerprint density at radius 3 is 2.81 bits per heavy atom. The van der Waals surface area contributed by atoms with Gasteiger partial charge in [-0.05, 0) is 31.7 Å². The van der Waals surface area contributed by atoms with E-state index in [0.29, 0.717) is 0 Å². The molecule has 4 heteroatoms. The molecule has 2 N–H and O–H groups in total. The monoisotopic (exact) mass is 226 g/mol. The summed E-state index contributed by atoms with van der Waals surface area (Å²) in [7, 11) is 0. The van der Waals surface area contributed by atoms with Crippen molar-refractivity contribution in [3.63, 3.8) is 0 Å². The first-order valence-electron chi connectivity index (χ1n) is 6.37. The minimum Gasteiger partial charge on any atom is -0.480 e. The van der Waals surface area contributed by atoms with Gasteiger partial charge in [0.25, 0.3) is 0 Å². The van der Waals surface area contributed by atoms with Gasteiger partial charge >= 0.3 is 5.97 Å². The van der Waals surface area contributed by atoms with Crippen LogP contribution < -0.4 is 5.32 Å². The second-order valence-electron chi connectivity index (χ2n) is 5.11. The zero-order valence-corrected chi connectivity index (χ0v) is 10.0. The van der Waals surface area contributed by atoms with Crippen LogP contribution in [0.5, 0.6) is 0 Å². The minimum atomic E-state index is -0.612. The number of nitrogens with zero attached hydrogens (tertiary/aromatic N) is 1. The van der Waals surface area contributed by atoms with Crippen LogP contribution in [0, 0.1) is 5.92 Å². The predicted molar refractivity (Wildman–Crippen MR) is 62.4 cm³/mol. The van der Waals surface area contributed by atoms with E-state index < -0.39 is 11.5 Å². The normalized spacial score (nSPS) is 37.2. The Morgan fingerprint density at radius 1 is 1.38 bits per heavy atom. The molecule has 92 valence electrons. The van der Waals surface area contributed by atoms with Gasteiger partial charge in [-0.1, -0.05) is 13.3 Å². The second kappa shape index (κ2) is 4.72. The highest BCUT2D eigenvalue weighted by molar-refractivity contribution is 5.79. The summed E-state index contributed by atoms with van der Waals surface area (Å²) in [6.45, 7) is 5.82. The SMILES string of the molecule is CC1CCCC1(C(=O)O)N1CCCNCC1. The number of carboxylic acid groups (broad SMARTS) is 1. The zero-order valence-electron chi connectivity index (χ0n) is 10.0. The van der Waals surface area contributed by atoms with E-state index in [0.717, 1.165) is 51.9 Å². The number of carbonyl (C=O) groups is 1. The fourth-order valence-corrected chi connectivity index (χ4v) is 3.33. The van der Waals surface area contributed by atoms with Crippen LogP contribution in [-0.2, 0) is 4.79 Å². The lowest BCUT2D eigenvalue weighted by Crippen LogP contribution is -2.57. The fraction of sp³-hybridized carbons (Fsp3) is 0.917. The number of hydrogen-bond acceptors (Lipinski definition) is 3. The van der Waals surface area contributed by atoms with Gasteiger partial charge in [0.2, 0.25) is 0 Å². The van der Waals surface area contributed by atoms with Crippen LogP contribution in [0.15, 0.2) is 0 Å². The third-order valence-corrected chi connectivity index (χ3v) is 4.29. The van der Waals surface area contributed by atoms with Gasteiger partial charge in [0.15, 0.2) is 0 Å². The molecule has 4 nitrogen and oxygen atoms in total. The average Bonchev–Trinajstić information content (AvgIpc) is 2.51. The Kier molecular flexibility index (Phi) is 3.50. The summed E-state index contributed by atoms with van der Waals surface area (Å²) < 4.78 is 0. The van der Waals surface area contributed by atoms with Crippen LogP contribution in [0.4, 0.5) is 0 Å². The van der Waals surface area contributed by atoms with Crippen molar-refractivity contribution in [2.24, 2.45) is 5.92 Å². The van der Waals surface area contributed by atoms with Crippen molar-refractivity contribution in [2.75, 3.05) is 26.2 Å². The van der Waals surface area contributed by atoms with E-state index in [1.54, 1.807) is 0 Å². The van der Waals surface area contributed by atoms with E-state index >= 15 is 0 Å². The quantitative estimate of drug-likeness (QED) is 0.735. The van der Waals surface area contributed by atoms with Gasteiger partial charge in [0, 0.05) is 19.6 Å². The molecule has 1 saturated carbocycles. The highest BCUT2D eigenvalue weighted by Crippen LogP contribution is 2.40. The van der Waals surface area contributed by atoms with Crippen LogP contribution in [-0.4, -0.2) is 47.7 Å². The van der Waals surface area contributed by atoms with Crippen molar-refractivity contribution >= 4 is 5.97 Å². The molecule has 0 spiro atoms. The Hall–Kier alpha value is -0.610. The molecular weight excluding hydrogens is 204 g/mol. The van der Waals surface area contributed by atoms with Crippen molar-refractivity contribution < 1.29 is 9.90 Å². The molecule has 1 heterocycles. The summed E-state index contributed by atoms with van der Waals surface area (Å²) >= 11 is 0. The molecule has 2 rings (SSSR count). The molecule has 0 amide bonds. The highest BCUT2D eigenvalue weighted by Gasteiger charge is 2.51. The molecule has 0 aromatic rings. The second-order valence-corrected chi connectivity index (χ2v) is 5.11. The van der Waals surface area contributed by atoms with Gasteiger partial charge in [-0.15, -0.1) is 0 Å². The third-order valence-electron chi connectivity index (χ3n) is 4.29.